The van der Waals surface area contributed by atoms with Gasteiger partial charge in [0.25, 0.3) is 0 Å². The lowest BCUT2D eigenvalue weighted by Crippen LogP contribution is -2.39. The van der Waals surface area contributed by atoms with Crippen LogP contribution in [-0.2, 0) is 11.2 Å². The summed E-state index contributed by atoms with van der Waals surface area (Å²) in [6.45, 7) is 0.575. The second kappa shape index (κ2) is 9.23. The summed E-state index contributed by atoms with van der Waals surface area (Å²) in [7, 11) is 3.25. The molecule has 6 nitrogen and oxygen atoms in total. The maximum absolute atomic E-state index is 13.5. The quantitative estimate of drug-likeness (QED) is 0.374. The largest absolute Gasteiger partial charge is 0.493 e. The molecule has 1 atom stereocenters. The van der Waals surface area contributed by atoms with Crippen LogP contribution in [0.25, 0.3) is 11.7 Å². The fraction of sp³-hybridized carbons (Fsp3) is 0.185. The van der Waals surface area contributed by atoms with E-state index in [0.717, 1.165) is 28.8 Å². The number of hydrogen-bond acceptors (Lipinski definition) is 4. The maximum atomic E-state index is 13.5. The number of rotatable bonds is 5. The third kappa shape index (κ3) is 3.90. The number of ether oxygens (including phenoxy) is 2. The number of hydrogen-bond donors (Lipinski definition) is 0. The highest BCUT2D eigenvalue weighted by Gasteiger charge is 2.32. The lowest BCUT2D eigenvalue weighted by atomic mass is 9.87. The first-order chi connectivity index (χ1) is 16.6. The average molecular weight is 474 g/mol. The first kappa shape index (κ1) is 22.0. The van der Waals surface area contributed by atoms with E-state index >= 15 is 0 Å². The Kier molecular flexibility index (Phi) is 5.99. The molecule has 1 aliphatic heterocycles. The van der Waals surface area contributed by atoms with E-state index in [-0.39, 0.29) is 11.9 Å². The van der Waals surface area contributed by atoms with Crippen molar-refractivity contribution in [3.63, 3.8) is 0 Å². The molecule has 0 saturated heterocycles. The molecule has 7 heteroatoms. The minimum Gasteiger partial charge on any atom is -0.493 e. The van der Waals surface area contributed by atoms with E-state index in [9.17, 15) is 4.79 Å². The third-order valence-electron chi connectivity index (χ3n) is 6.18. The molecule has 0 N–H and O–H groups in total. The van der Waals surface area contributed by atoms with Gasteiger partial charge in [0.15, 0.2) is 16.7 Å². The van der Waals surface area contributed by atoms with Crippen LogP contribution in [0.5, 0.6) is 11.5 Å². The van der Waals surface area contributed by atoms with Gasteiger partial charge < -0.3 is 14.4 Å². The number of imidazole rings is 1. The van der Waals surface area contributed by atoms with Crippen LogP contribution in [0.1, 0.15) is 28.4 Å². The summed E-state index contributed by atoms with van der Waals surface area (Å²) >= 11 is 6.36. The van der Waals surface area contributed by atoms with Crippen LogP contribution in [0.15, 0.2) is 72.9 Å². The van der Waals surface area contributed by atoms with E-state index in [1.807, 2.05) is 76.2 Å². The zero-order valence-electron chi connectivity index (χ0n) is 18.9. The topological polar surface area (TPSA) is 56.1 Å². The molecule has 0 spiro atoms. The fourth-order valence-electron chi connectivity index (χ4n) is 4.56. The van der Waals surface area contributed by atoms with Crippen LogP contribution >= 0.6 is 11.6 Å². The monoisotopic (exact) mass is 473 g/mol. The average Bonchev–Trinajstić information content (AvgIpc) is 3.20. The molecule has 3 heterocycles. The number of methoxy groups -OCH3 is 2. The van der Waals surface area contributed by atoms with Gasteiger partial charge in [-0.2, -0.15) is 0 Å². The van der Waals surface area contributed by atoms with Gasteiger partial charge in [0.05, 0.1) is 26.0 Å². The number of carbonyl (C=O) groups is 1. The molecule has 4 aromatic rings. The Balaban J connectivity index is 1.54. The van der Waals surface area contributed by atoms with Crippen molar-refractivity contribution in [3.8, 4) is 11.5 Å². The highest BCUT2D eigenvalue weighted by atomic mass is 35.5. The highest BCUT2D eigenvalue weighted by Crippen LogP contribution is 2.41. The molecule has 1 amide bonds. The summed E-state index contributed by atoms with van der Waals surface area (Å²) in [5, 5.41) is 0.357. The summed E-state index contributed by atoms with van der Waals surface area (Å²) in [5.74, 6) is 1.23. The third-order valence-corrected chi connectivity index (χ3v) is 6.46. The molecular formula is C27H24ClN3O3. The van der Waals surface area contributed by atoms with E-state index in [1.165, 1.54) is 0 Å². The van der Waals surface area contributed by atoms with Crippen LogP contribution in [0.4, 0.5) is 0 Å². The number of carbonyl (C=O) groups excluding carboxylic acids is 1. The molecule has 0 fully saturated rings. The molecule has 5 rings (SSSR count). The zero-order chi connectivity index (χ0) is 23.7. The Hall–Kier alpha value is -3.77. The molecular weight excluding hydrogens is 450 g/mol. The Bertz CT molecular complexity index is 1380. The fourth-order valence-corrected chi connectivity index (χ4v) is 4.80. The van der Waals surface area contributed by atoms with Crippen molar-refractivity contribution in [2.45, 2.75) is 12.5 Å². The van der Waals surface area contributed by atoms with Crippen molar-refractivity contribution in [1.29, 1.82) is 0 Å². The van der Waals surface area contributed by atoms with Gasteiger partial charge in [0.1, 0.15) is 5.65 Å². The molecule has 2 aromatic heterocycles. The van der Waals surface area contributed by atoms with E-state index < -0.39 is 0 Å². The second-order valence-corrected chi connectivity index (χ2v) is 8.41. The van der Waals surface area contributed by atoms with Crippen molar-refractivity contribution >= 4 is 29.2 Å². The van der Waals surface area contributed by atoms with Gasteiger partial charge in [-0.05, 0) is 53.5 Å². The standard InChI is InChI=1S/C27H24ClN3O3/c1-33-22-16-19-13-15-31(26(18-8-4-3-5-9-18)20(19)17-23(22)34-2)25(32)12-11-21-27(28)29-24-10-6-7-14-30(21)24/h3-12,14,16-17,26H,13,15H2,1-2H3/b12-11+. The van der Waals surface area contributed by atoms with E-state index in [4.69, 9.17) is 21.1 Å². The number of benzene rings is 2. The molecule has 0 aliphatic carbocycles. The number of nitrogens with zero attached hydrogens (tertiary/aromatic N) is 3. The van der Waals surface area contributed by atoms with Crippen LogP contribution in [-0.4, -0.2) is 41.0 Å². The van der Waals surface area contributed by atoms with E-state index in [0.29, 0.717) is 28.9 Å². The summed E-state index contributed by atoms with van der Waals surface area (Å²) < 4.78 is 12.9. The van der Waals surface area contributed by atoms with Gasteiger partial charge in [-0.1, -0.05) is 48.0 Å². The van der Waals surface area contributed by atoms with Gasteiger partial charge in [-0.25, -0.2) is 4.98 Å². The summed E-state index contributed by atoms with van der Waals surface area (Å²) in [6.07, 6.45) is 5.90. The van der Waals surface area contributed by atoms with E-state index in [1.54, 1.807) is 26.4 Å². The molecule has 1 unspecified atom stereocenters. The molecule has 172 valence electrons. The van der Waals surface area contributed by atoms with Gasteiger partial charge in [-0.15, -0.1) is 0 Å². The molecule has 0 saturated carbocycles. The van der Waals surface area contributed by atoms with Crippen LogP contribution in [0.3, 0.4) is 0 Å². The van der Waals surface area contributed by atoms with Crippen molar-refractivity contribution in [2.75, 3.05) is 20.8 Å². The lowest BCUT2D eigenvalue weighted by Gasteiger charge is -2.37. The zero-order valence-corrected chi connectivity index (χ0v) is 19.7. The normalized spacial score (nSPS) is 15.5. The number of fused-ring (bicyclic) bond motifs is 2. The smallest absolute Gasteiger partial charge is 0.247 e. The van der Waals surface area contributed by atoms with Crippen molar-refractivity contribution in [3.05, 3.63) is 100 Å². The second-order valence-electron chi connectivity index (χ2n) is 8.05. The number of halogens is 1. The molecule has 0 bridgehead atoms. The first-order valence-electron chi connectivity index (χ1n) is 11.0. The minimum atomic E-state index is -0.250. The summed E-state index contributed by atoms with van der Waals surface area (Å²) in [5.41, 5.74) is 4.61. The predicted molar refractivity (Wildman–Crippen MR) is 132 cm³/mol. The molecule has 2 aromatic carbocycles. The minimum absolute atomic E-state index is 0.101. The number of amides is 1. The Morgan fingerprint density at radius 2 is 1.79 bits per heavy atom. The van der Waals surface area contributed by atoms with Crippen molar-refractivity contribution < 1.29 is 14.3 Å². The molecule has 0 radical (unpaired) electrons. The van der Waals surface area contributed by atoms with Gasteiger partial charge in [0, 0.05) is 18.8 Å². The Morgan fingerprint density at radius 1 is 1.06 bits per heavy atom. The van der Waals surface area contributed by atoms with Gasteiger partial charge >= 0.3 is 0 Å². The van der Waals surface area contributed by atoms with Crippen LogP contribution < -0.4 is 9.47 Å². The van der Waals surface area contributed by atoms with Crippen molar-refractivity contribution in [1.82, 2.24) is 14.3 Å². The Labute approximate surface area is 203 Å². The van der Waals surface area contributed by atoms with Crippen LogP contribution in [0.2, 0.25) is 5.15 Å². The van der Waals surface area contributed by atoms with Crippen LogP contribution in [0, 0.1) is 0 Å². The molecule has 1 aliphatic rings. The Morgan fingerprint density at radius 3 is 2.56 bits per heavy atom. The lowest BCUT2D eigenvalue weighted by molar-refractivity contribution is -0.127. The van der Waals surface area contributed by atoms with Gasteiger partial charge in [-0.3, -0.25) is 9.20 Å². The summed E-state index contributed by atoms with van der Waals surface area (Å²) in [4.78, 5) is 19.8. The maximum Gasteiger partial charge on any atom is 0.247 e. The highest BCUT2D eigenvalue weighted by molar-refractivity contribution is 6.31. The first-order valence-corrected chi connectivity index (χ1v) is 11.4. The molecule has 34 heavy (non-hydrogen) atoms. The number of pyridine rings is 1. The number of aromatic nitrogens is 2. The summed E-state index contributed by atoms with van der Waals surface area (Å²) in [6, 6.07) is 19.5. The van der Waals surface area contributed by atoms with E-state index in [2.05, 4.69) is 4.98 Å². The SMILES string of the molecule is COc1cc2c(cc1OC)C(c1ccccc1)N(C(=O)/C=C/c1c(Cl)nc3ccccn13)CC2. The predicted octanol–water partition coefficient (Wildman–Crippen LogP) is 5.19. The van der Waals surface area contributed by atoms with Gasteiger partial charge in [0.2, 0.25) is 5.91 Å². The van der Waals surface area contributed by atoms with Crippen molar-refractivity contribution in [2.24, 2.45) is 0 Å².